The van der Waals surface area contributed by atoms with Crippen molar-refractivity contribution in [3.63, 3.8) is 0 Å². The van der Waals surface area contributed by atoms with Crippen molar-refractivity contribution in [1.29, 1.82) is 0 Å². The predicted molar refractivity (Wildman–Crippen MR) is 114 cm³/mol. The molecule has 3 heterocycles. The number of amides is 1. The molecule has 1 amide bonds. The van der Waals surface area contributed by atoms with E-state index in [9.17, 15) is 4.79 Å². The second-order valence-corrected chi connectivity index (χ2v) is 7.26. The van der Waals surface area contributed by atoms with E-state index in [1.54, 1.807) is 12.7 Å². The molecule has 0 aliphatic carbocycles. The van der Waals surface area contributed by atoms with Crippen molar-refractivity contribution < 1.29 is 9.53 Å². The molecule has 4 rings (SSSR count). The van der Waals surface area contributed by atoms with E-state index in [4.69, 9.17) is 4.74 Å². The number of rotatable bonds is 5. The van der Waals surface area contributed by atoms with Crippen LogP contribution in [0.1, 0.15) is 28.7 Å². The Labute approximate surface area is 176 Å². The predicted octanol–water partition coefficient (Wildman–Crippen LogP) is 2.64. The summed E-state index contributed by atoms with van der Waals surface area (Å²) in [6.45, 7) is 9.30. The number of piperazine rings is 1. The molecule has 0 radical (unpaired) electrons. The van der Waals surface area contributed by atoms with Gasteiger partial charge in [0.2, 0.25) is 0 Å². The van der Waals surface area contributed by atoms with Crippen LogP contribution in [0.4, 0.5) is 5.82 Å². The van der Waals surface area contributed by atoms with Crippen molar-refractivity contribution in [2.45, 2.75) is 20.8 Å². The first-order chi connectivity index (χ1) is 14.6. The van der Waals surface area contributed by atoms with Crippen LogP contribution in [-0.2, 0) is 0 Å². The molecule has 156 valence electrons. The smallest absolute Gasteiger partial charge is 0.253 e. The van der Waals surface area contributed by atoms with Gasteiger partial charge in [-0.2, -0.15) is 0 Å². The summed E-state index contributed by atoms with van der Waals surface area (Å²) in [4.78, 5) is 30.1. The topological polar surface area (TPSA) is 76.4 Å². The SMILES string of the molecule is CCOc1ccc(C(=O)N2CCN(c3cc(-n4cnc(C)c4C)ncn3)CC2)cc1. The molecule has 30 heavy (non-hydrogen) atoms. The van der Waals surface area contributed by atoms with E-state index < -0.39 is 0 Å². The van der Waals surface area contributed by atoms with Crippen molar-refractivity contribution in [2.24, 2.45) is 0 Å². The molecular formula is C22H26N6O2. The Kier molecular flexibility index (Phi) is 5.65. The fourth-order valence-electron chi connectivity index (χ4n) is 3.55. The van der Waals surface area contributed by atoms with Crippen LogP contribution in [-0.4, -0.2) is 63.1 Å². The number of nitrogens with zero attached hydrogens (tertiary/aromatic N) is 6. The highest BCUT2D eigenvalue weighted by Gasteiger charge is 2.23. The molecule has 0 spiro atoms. The van der Waals surface area contributed by atoms with Crippen molar-refractivity contribution in [3.8, 4) is 11.6 Å². The van der Waals surface area contributed by atoms with Gasteiger partial charge in [0, 0.05) is 43.5 Å². The van der Waals surface area contributed by atoms with Gasteiger partial charge in [-0.3, -0.25) is 9.36 Å². The molecule has 1 aliphatic rings. The third-order valence-corrected chi connectivity index (χ3v) is 5.44. The summed E-state index contributed by atoms with van der Waals surface area (Å²) in [6, 6.07) is 9.31. The van der Waals surface area contributed by atoms with Gasteiger partial charge in [-0.25, -0.2) is 15.0 Å². The van der Waals surface area contributed by atoms with Gasteiger partial charge < -0.3 is 14.5 Å². The van der Waals surface area contributed by atoms with E-state index >= 15 is 0 Å². The summed E-state index contributed by atoms with van der Waals surface area (Å²) in [5.74, 6) is 2.48. The molecule has 0 unspecified atom stereocenters. The van der Waals surface area contributed by atoms with Crippen LogP contribution in [0.15, 0.2) is 43.0 Å². The quantitative estimate of drug-likeness (QED) is 0.648. The number of hydrogen-bond donors (Lipinski definition) is 0. The van der Waals surface area contributed by atoms with Crippen molar-refractivity contribution in [2.75, 3.05) is 37.7 Å². The number of ether oxygens (including phenoxy) is 1. The van der Waals surface area contributed by atoms with Crippen LogP contribution in [0.5, 0.6) is 5.75 Å². The first-order valence-electron chi connectivity index (χ1n) is 10.2. The van der Waals surface area contributed by atoms with E-state index in [-0.39, 0.29) is 5.91 Å². The molecule has 0 atom stereocenters. The molecule has 3 aromatic rings. The number of anilines is 1. The molecule has 2 aromatic heterocycles. The van der Waals surface area contributed by atoms with Gasteiger partial charge in [-0.15, -0.1) is 0 Å². The van der Waals surface area contributed by atoms with Gasteiger partial charge >= 0.3 is 0 Å². The average Bonchev–Trinajstić information content (AvgIpc) is 3.12. The maximum Gasteiger partial charge on any atom is 0.253 e. The minimum Gasteiger partial charge on any atom is -0.494 e. The lowest BCUT2D eigenvalue weighted by Crippen LogP contribution is -2.49. The van der Waals surface area contributed by atoms with Gasteiger partial charge in [-0.1, -0.05) is 0 Å². The molecule has 8 heteroatoms. The zero-order chi connectivity index (χ0) is 21.1. The van der Waals surface area contributed by atoms with Crippen molar-refractivity contribution in [3.05, 3.63) is 59.9 Å². The summed E-state index contributed by atoms with van der Waals surface area (Å²) >= 11 is 0. The Morgan fingerprint density at radius 3 is 2.33 bits per heavy atom. The van der Waals surface area contributed by atoms with Crippen molar-refractivity contribution >= 4 is 11.7 Å². The lowest BCUT2D eigenvalue weighted by molar-refractivity contribution is 0.0746. The van der Waals surface area contributed by atoms with Gasteiger partial charge in [-0.05, 0) is 45.0 Å². The lowest BCUT2D eigenvalue weighted by Gasteiger charge is -2.35. The Bertz CT molecular complexity index is 1020. The number of hydrogen-bond acceptors (Lipinski definition) is 6. The van der Waals surface area contributed by atoms with Gasteiger partial charge in [0.15, 0.2) is 0 Å². The molecular weight excluding hydrogens is 380 g/mol. The largest absolute Gasteiger partial charge is 0.494 e. The zero-order valence-electron chi connectivity index (χ0n) is 17.6. The molecule has 8 nitrogen and oxygen atoms in total. The minimum atomic E-state index is 0.0468. The average molecular weight is 406 g/mol. The Morgan fingerprint density at radius 2 is 1.70 bits per heavy atom. The molecule has 0 N–H and O–H groups in total. The summed E-state index contributed by atoms with van der Waals surface area (Å²) in [5, 5.41) is 0. The highest BCUT2D eigenvalue weighted by molar-refractivity contribution is 5.94. The number of aryl methyl sites for hydroxylation is 1. The molecule has 0 bridgehead atoms. The fraction of sp³-hybridized carbons (Fsp3) is 0.364. The van der Waals surface area contributed by atoms with E-state index in [0.717, 1.165) is 41.9 Å². The van der Waals surface area contributed by atoms with Crippen LogP contribution in [0, 0.1) is 13.8 Å². The number of carbonyl (C=O) groups is 1. The van der Waals surface area contributed by atoms with E-state index in [1.165, 1.54) is 0 Å². The van der Waals surface area contributed by atoms with Gasteiger partial charge in [0.1, 0.15) is 30.0 Å². The van der Waals surface area contributed by atoms with Gasteiger partial charge in [0.25, 0.3) is 5.91 Å². The monoisotopic (exact) mass is 406 g/mol. The molecule has 1 aliphatic heterocycles. The Balaban J connectivity index is 1.41. The molecule has 0 saturated carbocycles. The normalized spacial score (nSPS) is 14.1. The van der Waals surface area contributed by atoms with Gasteiger partial charge in [0.05, 0.1) is 12.3 Å². The first kappa shape index (κ1) is 19.9. The highest BCUT2D eigenvalue weighted by Crippen LogP contribution is 2.19. The van der Waals surface area contributed by atoms with E-state index in [2.05, 4.69) is 19.9 Å². The van der Waals surface area contributed by atoms with Crippen LogP contribution in [0.25, 0.3) is 5.82 Å². The summed E-state index contributed by atoms with van der Waals surface area (Å²) < 4.78 is 7.41. The second-order valence-electron chi connectivity index (χ2n) is 7.26. The third-order valence-electron chi connectivity index (χ3n) is 5.44. The fourth-order valence-corrected chi connectivity index (χ4v) is 3.55. The lowest BCUT2D eigenvalue weighted by atomic mass is 10.1. The highest BCUT2D eigenvalue weighted by atomic mass is 16.5. The number of aromatic nitrogens is 4. The number of carbonyl (C=O) groups excluding carboxylic acids is 1. The summed E-state index contributed by atoms with van der Waals surface area (Å²) in [7, 11) is 0. The minimum absolute atomic E-state index is 0.0468. The van der Waals surface area contributed by atoms with E-state index in [0.29, 0.717) is 25.3 Å². The van der Waals surface area contributed by atoms with Crippen LogP contribution < -0.4 is 9.64 Å². The van der Waals surface area contributed by atoms with Crippen LogP contribution >= 0.6 is 0 Å². The maximum atomic E-state index is 12.8. The zero-order valence-corrected chi connectivity index (χ0v) is 17.6. The summed E-state index contributed by atoms with van der Waals surface area (Å²) in [6.07, 6.45) is 3.36. The van der Waals surface area contributed by atoms with Crippen LogP contribution in [0.2, 0.25) is 0 Å². The molecule has 1 aromatic carbocycles. The molecule has 1 fully saturated rings. The standard InChI is InChI=1S/C22H26N6O2/c1-4-30-19-7-5-18(6-8-19)22(29)27-11-9-26(10-12-27)20-13-21(24-14-23-20)28-15-25-16(2)17(28)3/h5-8,13-15H,4,9-12H2,1-3H3. The summed E-state index contributed by atoms with van der Waals surface area (Å²) in [5.41, 5.74) is 2.73. The first-order valence-corrected chi connectivity index (χ1v) is 10.2. The third kappa shape index (κ3) is 3.98. The number of imidazole rings is 1. The van der Waals surface area contributed by atoms with Crippen molar-refractivity contribution in [1.82, 2.24) is 24.4 Å². The molecule has 1 saturated heterocycles. The van der Waals surface area contributed by atoms with E-state index in [1.807, 2.05) is 60.6 Å². The maximum absolute atomic E-state index is 12.8. The second kappa shape index (κ2) is 8.52. The van der Waals surface area contributed by atoms with Crippen LogP contribution in [0.3, 0.4) is 0 Å². The Hall–Kier alpha value is -3.42. The number of benzene rings is 1. The Morgan fingerprint density at radius 1 is 1.00 bits per heavy atom.